The van der Waals surface area contributed by atoms with Gasteiger partial charge in [-0.2, -0.15) is 9.40 Å². The minimum atomic E-state index is -3.65. The Morgan fingerprint density at radius 3 is 2.70 bits per heavy atom. The van der Waals surface area contributed by atoms with E-state index in [4.69, 9.17) is 11.5 Å². The van der Waals surface area contributed by atoms with Crippen molar-refractivity contribution in [3.63, 3.8) is 0 Å². The van der Waals surface area contributed by atoms with Gasteiger partial charge in [-0.15, -0.1) is 0 Å². The Balaban J connectivity index is 2.11. The van der Waals surface area contributed by atoms with Crippen LogP contribution in [0.15, 0.2) is 11.1 Å². The van der Waals surface area contributed by atoms with Gasteiger partial charge in [0.1, 0.15) is 10.7 Å². The summed E-state index contributed by atoms with van der Waals surface area (Å²) in [6.07, 6.45) is 1.83. The van der Waals surface area contributed by atoms with Gasteiger partial charge in [0.05, 0.1) is 12.7 Å². The molecule has 0 unspecified atom stereocenters. The number of carbonyl (C=O) groups excluding carboxylic acids is 1. The van der Waals surface area contributed by atoms with E-state index in [1.54, 1.807) is 0 Å². The molecule has 0 saturated carbocycles. The van der Waals surface area contributed by atoms with Crippen molar-refractivity contribution in [2.45, 2.75) is 11.3 Å². The third-order valence-corrected chi connectivity index (χ3v) is 5.10. The fourth-order valence-corrected chi connectivity index (χ4v) is 3.67. The molecule has 1 saturated heterocycles. The number of nitrogen functional groups attached to an aromatic ring is 1. The van der Waals surface area contributed by atoms with Gasteiger partial charge in [-0.3, -0.25) is 14.8 Å². The number of aromatic amines is 1. The molecule has 1 aliphatic rings. The number of hydrogen-bond acceptors (Lipinski definition) is 6. The first-order valence-corrected chi connectivity index (χ1v) is 7.65. The average Bonchev–Trinajstić information content (AvgIpc) is 2.65. The molecule has 10 heteroatoms. The Morgan fingerprint density at radius 2 is 2.10 bits per heavy atom. The third kappa shape index (κ3) is 3.08. The summed E-state index contributed by atoms with van der Waals surface area (Å²) in [4.78, 5) is 12.7. The topological polar surface area (TPSA) is 138 Å². The highest BCUT2D eigenvalue weighted by atomic mass is 32.2. The van der Waals surface area contributed by atoms with Crippen molar-refractivity contribution in [3.05, 3.63) is 6.20 Å². The molecule has 0 radical (unpaired) electrons. The zero-order valence-corrected chi connectivity index (χ0v) is 11.8. The van der Waals surface area contributed by atoms with Crippen molar-refractivity contribution in [2.24, 2.45) is 5.73 Å². The average molecular weight is 302 g/mol. The number of H-pyrrole nitrogens is 1. The van der Waals surface area contributed by atoms with Gasteiger partial charge in [0.25, 0.3) is 0 Å². The van der Waals surface area contributed by atoms with Crippen molar-refractivity contribution >= 4 is 21.7 Å². The molecule has 0 spiro atoms. The Kier molecular flexibility index (Phi) is 4.26. The maximum absolute atomic E-state index is 12.4. The number of aromatic nitrogens is 2. The SMILES string of the molecule is NC(=O)CN1CCCN(S(=O)(=O)c2cn[nH]c2N)CC1. The number of carbonyl (C=O) groups is 1. The van der Waals surface area contributed by atoms with Crippen molar-refractivity contribution in [3.8, 4) is 0 Å². The largest absolute Gasteiger partial charge is 0.383 e. The number of nitrogens with two attached hydrogens (primary N) is 2. The quantitative estimate of drug-likeness (QED) is 0.598. The van der Waals surface area contributed by atoms with Crippen LogP contribution in [-0.4, -0.2) is 66.5 Å². The number of nitrogens with one attached hydrogen (secondary N) is 1. The van der Waals surface area contributed by atoms with Crippen LogP contribution >= 0.6 is 0 Å². The van der Waals surface area contributed by atoms with E-state index in [0.717, 1.165) is 0 Å². The summed E-state index contributed by atoms with van der Waals surface area (Å²) in [7, 11) is -3.65. The van der Waals surface area contributed by atoms with Crippen LogP contribution in [0.5, 0.6) is 0 Å². The van der Waals surface area contributed by atoms with Crippen molar-refractivity contribution < 1.29 is 13.2 Å². The summed E-state index contributed by atoms with van der Waals surface area (Å²) in [6.45, 7) is 1.90. The molecule has 112 valence electrons. The molecule has 1 aromatic heterocycles. The number of primary amides is 1. The van der Waals surface area contributed by atoms with E-state index in [0.29, 0.717) is 32.6 Å². The second kappa shape index (κ2) is 5.77. The first-order chi connectivity index (χ1) is 9.41. The molecule has 0 aromatic carbocycles. The summed E-state index contributed by atoms with van der Waals surface area (Å²) in [5.41, 5.74) is 10.7. The standard InChI is InChI=1S/C10H18N6O3S/c11-9(17)7-15-2-1-3-16(5-4-15)20(18,19)8-6-13-14-10(8)12/h6H,1-5,7H2,(H2,11,17)(H3,12,13,14). The molecular formula is C10H18N6O3S. The predicted octanol–water partition coefficient (Wildman–Crippen LogP) is -1.83. The van der Waals surface area contributed by atoms with Crippen LogP contribution in [0.2, 0.25) is 0 Å². The summed E-state index contributed by atoms with van der Waals surface area (Å²) in [5.74, 6) is -0.386. The van der Waals surface area contributed by atoms with E-state index < -0.39 is 15.9 Å². The zero-order valence-electron chi connectivity index (χ0n) is 10.9. The number of hydrogen-bond donors (Lipinski definition) is 3. The molecule has 9 nitrogen and oxygen atoms in total. The van der Waals surface area contributed by atoms with Crippen molar-refractivity contribution in [1.82, 2.24) is 19.4 Å². The molecule has 5 N–H and O–H groups in total. The molecule has 1 fully saturated rings. The highest BCUT2D eigenvalue weighted by Gasteiger charge is 2.29. The normalized spacial score (nSPS) is 18.8. The molecule has 1 amide bonds. The Bertz CT molecular complexity index is 584. The van der Waals surface area contributed by atoms with Gasteiger partial charge in [0.2, 0.25) is 15.9 Å². The fourth-order valence-electron chi connectivity index (χ4n) is 2.20. The molecule has 0 aliphatic carbocycles. The monoisotopic (exact) mass is 302 g/mol. The number of amides is 1. The van der Waals surface area contributed by atoms with E-state index in [1.807, 2.05) is 4.90 Å². The van der Waals surface area contributed by atoms with E-state index in [-0.39, 0.29) is 17.3 Å². The minimum absolute atomic E-state index is 0.0131. The maximum atomic E-state index is 12.4. The Morgan fingerprint density at radius 1 is 1.35 bits per heavy atom. The first-order valence-electron chi connectivity index (χ1n) is 6.21. The highest BCUT2D eigenvalue weighted by Crippen LogP contribution is 2.20. The molecular weight excluding hydrogens is 284 g/mol. The molecule has 1 aromatic rings. The lowest BCUT2D eigenvalue weighted by Crippen LogP contribution is -2.38. The van der Waals surface area contributed by atoms with Crippen LogP contribution in [0.4, 0.5) is 5.82 Å². The van der Waals surface area contributed by atoms with Crippen molar-refractivity contribution in [1.29, 1.82) is 0 Å². The summed E-state index contributed by atoms with van der Waals surface area (Å²) < 4.78 is 26.2. The Hall–Kier alpha value is -1.65. The third-order valence-electron chi connectivity index (χ3n) is 3.18. The molecule has 20 heavy (non-hydrogen) atoms. The second-order valence-corrected chi connectivity index (χ2v) is 6.55. The molecule has 0 bridgehead atoms. The Labute approximate surface area is 116 Å². The predicted molar refractivity (Wildman–Crippen MR) is 72.0 cm³/mol. The number of nitrogens with zero attached hydrogens (tertiary/aromatic N) is 3. The summed E-state index contributed by atoms with van der Waals surface area (Å²) in [5, 5.41) is 6.05. The molecule has 1 aliphatic heterocycles. The summed E-state index contributed by atoms with van der Waals surface area (Å²) >= 11 is 0. The van der Waals surface area contributed by atoms with Gasteiger partial charge < -0.3 is 11.5 Å². The number of anilines is 1. The first kappa shape index (κ1) is 14.8. The lowest BCUT2D eigenvalue weighted by atomic mass is 10.4. The smallest absolute Gasteiger partial charge is 0.248 e. The van der Waals surface area contributed by atoms with Gasteiger partial charge in [-0.25, -0.2) is 8.42 Å². The van der Waals surface area contributed by atoms with Gasteiger partial charge >= 0.3 is 0 Å². The van der Waals surface area contributed by atoms with E-state index in [1.165, 1.54) is 10.5 Å². The van der Waals surface area contributed by atoms with Gasteiger partial charge in [-0.05, 0) is 13.0 Å². The maximum Gasteiger partial charge on any atom is 0.248 e. The van der Waals surface area contributed by atoms with E-state index in [9.17, 15) is 13.2 Å². The fraction of sp³-hybridized carbons (Fsp3) is 0.600. The zero-order chi connectivity index (χ0) is 14.8. The number of sulfonamides is 1. The lowest BCUT2D eigenvalue weighted by Gasteiger charge is -2.20. The van der Waals surface area contributed by atoms with Crippen LogP contribution in [0, 0.1) is 0 Å². The van der Waals surface area contributed by atoms with Gasteiger partial charge in [0, 0.05) is 19.6 Å². The lowest BCUT2D eigenvalue weighted by molar-refractivity contribution is -0.119. The highest BCUT2D eigenvalue weighted by molar-refractivity contribution is 7.89. The van der Waals surface area contributed by atoms with Crippen LogP contribution in [0.3, 0.4) is 0 Å². The molecule has 2 rings (SSSR count). The van der Waals surface area contributed by atoms with Gasteiger partial charge in [-0.1, -0.05) is 0 Å². The van der Waals surface area contributed by atoms with Crippen LogP contribution in [0.1, 0.15) is 6.42 Å². The van der Waals surface area contributed by atoms with Gasteiger partial charge in [0.15, 0.2) is 0 Å². The summed E-state index contributed by atoms with van der Waals surface area (Å²) in [6, 6.07) is 0. The minimum Gasteiger partial charge on any atom is -0.383 e. The molecule has 2 heterocycles. The second-order valence-electron chi connectivity index (χ2n) is 4.65. The van der Waals surface area contributed by atoms with E-state index >= 15 is 0 Å². The van der Waals surface area contributed by atoms with Crippen molar-refractivity contribution in [2.75, 3.05) is 38.5 Å². The number of rotatable bonds is 4. The van der Waals surface area contributed by atoms with Crippen LogP contribution in [-0.2, 0) is 14.8 Å². The van der Waals surface area contributed by atoms with Crippen LogP contribution in [0.25, 0.3) is 0 Å². The van der Waals surface area contributed by atoms with Crippen LogP contribution < -0.4 is 11.5 Å². The molecule has 0 atom stereocenters. The van der Waals surface area contributed by atoms with E-state index in [2.05, 4.69) is 10.2 Å².